The smallest absolute Gasteiger partial charge is 0.240 e. The summed E-state index contributed by atoms with van der Waals surface area (Å²) in [7, 11) is -3.63. The Kier molecular flexibility index (Phi) is 8.77. The molecule has 0 aliphatic carbocycles. The lowest BCUT2D eigenvalue weighted by atomic mass is 10.2. The molecule has 0 heterocycles. The van der Waals surface area contributed by atoms with Crippen molar-refractivity contribution in [1.82, 2.24) is 5.32 Å². The molecule has 2 aromatic carbocycles. The van der Waals surface area contributed by atoms with E-state index in [0.717, 1.165) is 16.1 Å². The van der Waals surface area contributed by atoms with E-state index in [9.17, 15) is 13.2 Å². The summed E-state index contributed by atoms with van der Waals surface area (Å²) in [6.07, 6.45) is 1.05. The molecule has 0 unspecified atom stereocenters. The van der Waals surface area contributed by atoms with Crippen LogP contribution in [-0.2, 0) is 20.6 Å². The standard InChI is InChI=1S/C18H19Cl3N2O3S2/c1-28(25,26)23(16-4-2-3-14(19)9-16)11-18(24)22-7-8-27-12-13-5-6-15(20)10-17(13)21/h2-6,9-10H,7-8,11-12H2,1H3,(H,22,24). The Morgan fingerprint density at radius 3 is 2.46 bits per heavy atom. The van der Waals surface area contributed by atoms with E-state index in [2.05, 4.69) is 5.32 Å². The molecule has 0 fully saturated rings. The molecule has 2 rings (SSSR count). The van der Waals surface area contributed by atoms with E-state index < -0.39 is 15.9 Å². The lowest BCUT2D eigenvalue weighted by Crippen LogP contribution is -2.41. The minimum Gasteiger partial charge on any atom is -0.354 e. The van der Waals surface area contributed by atoms with Gasteiger partial charge in [0.15, 0.2) is 0 Å². The van der Waals surface area contributed by atoms with E-state index in [1.807, 2.05) is 6.07 Å². The molecule has 0 spiro atoms. The first-order valence-electron chi connectivity index (χ1n) is 8.18. The summed E-state index contributed by atoms with van der Waals surface area (Å²) in [6, 6.07) is 11.7. The molecule has 0 aliphatic heterocycles. The van der Waals surface area contributed by atoms with Crippen LogP contribution in [0.1, 0.15) is 5.56 Å². The highest BCUT2D eigenvalue weighted by Gasteiger charge is 2.20. The van der Waals surface area contributed by atoms with Crippen LogP contribution in [0.15, 0.2) is 42.5 Å². The van der Waals surface area contributed by atoms with Gasteiger partial charge >= 0.3 is 0 Å². The molecule has 1 N–H and O–H groups in total. The number of nitrogens with zero attached hydrogens (tertiary/aromatic N) is 1. The van der Waals surface area contributed by atoms with Crippen LogP contribution in [0.2, 0.25) is 15.1 Å². The Bertz CT molecular complexity index is 939. The first-order valence-corrected chi connectivity index (χ1v) is 12.3. The van der Waals surface area contributed by atoms with E-state index in [0.29, 0.717) is 38.8 Å². The number of carbonyl (C=O) groups is 1. The quantitative estimate of drug-likeness (QED) is 0.537. The summed E-state index contributed by atoms with van der Waals surface area (Å²) in [5.41, 5.74) is 1.31. The van der Waals surface area contributed by atoms with Crippen molar-refractivity contribution in [3.63, 3.8) is 0 Å². The molecule has 0 bridgehead atoms. The predicted octanol–water partition coefficient (Wildman–Crippen LogP) is 4.46. The van der Waals surface area contributed by atoms with Crippen LogP contribution in [-0.4, -0.2) is 39.4 Å². The summed E-state index contributed by atoms with van der Waals surface area (Å²) in [4.78, 5) is 12.2. The average molecular weight is 482 g/mol. The van der Waals surface area contributed by atoms with Gasteiger partial charge in [0, 0.05) is 33.1 Å². The van der Waals surface area contributed by atoms with Crippen molar-refractivity contribution in [2.24, 2.45) is 0 Å². The van der Waals surface area contributed by atoms with Gasteiger partial charge in [0.05, 0.1) is 11.9 Å². The van der Waals surface area contributed by atoms with Crippen molar-refractivity contribution in [2.75, 3.05) is 29.4 Å². The summed E-state index contributed by atoms with van der Waals surface area (Å²) in [5, 5.41) is 4.31. The summed E-state index contributed by atoms with van der Waals surface area (Å²) >= 11 is 19.5. The number of hydrogen-bond donors (Lipinski definition) is 1. The highest BCUT2D eigenvalue weighted by atomic mass is 35.5. The zero-order valence-corrected chi connectivity index (χ0v) is 18.9. The van der Waals surface area contributed by atoms with Gasteiger partial charge in [0.2, 0.25) is 15.9 Å². The van der Waals surface area contributed by atoms with E-state index >= 15 is 0 Å². The number of sulfonamides is 1. The molecule has 2 aromatic rings. The van der Waals surface area contributed by atoms with Gasteiger partial charge in [-0.1, -0.05) is 46.9 Å². The van der Waals surface area contributed by atoms with Gasteiger partial charge in [-0.05, 0) is 35.9 Å². The fourth-order valence-electron chi connectivity index (χ4n) is 2.30. The van der Waals surface area contributed by atoms with Gasteiger partial charge in [-0.3, -0.25) is 9.10 Å². The third-order valence-electron chi connectivity index (χ3n) is 3.62. The maximum atomic E-state index is 12.2. The van der Waals surface area contributed by atoms with Gasteiger partial charge in [-0.15, -0.1) is 0 Å². The highest BCUT2D eigenvalue weighted by molar-refractivity contribution is 7.98. The number of nitrogens with one attached hydrogen (secondary N) is 1. The lowest BCUT2D eigenvalue weighted by Gasteiger charge is -2.22. The third-order valence-corrected chi connectivity index (χ3v) is 6.60. The van der Waals surface area contributed by atoms with Crippen LogP contribution in [0.4, 0.5) is 5.69 Å². The molecular weight excluding hydrogens is 463 g/mol. The van der Waals surface area contributed by atoms with Crippen LogP contribution in [0.5, 0.6) is 0 Å². The number of anilines is 1. The second-order valence-corrected chi connectivity index (χ2v) is 10.2. The maximum absolute atomic E-state index is 12.2. The van der Waals surface area contributed by atoms with Gasteiger partial charge in [-0.2, -0.15) is 11.8 Å². The Hall–Kier alpha value is -1.12. The van der Waals surface area contributed by atoms with Gasteiger partial charge in [0.1, 0.15) is 6.54 Å². The van der Waals surface area contributed by atoms with Crippen molar-refractivity contribution in [3.05, 3.63) is 63.1 Å². The van der Waals surface area contributed by atoms with Gasteiger partial charge in [0.25, 0.3) is 0 Å². The molecule has 10 heteroatoms. The predicted molar refractivity (Wildman–Crippen MR) is 119 cm³/mol. The molecule has 0 atom stereocenters. The number of rotatable bonds is 9. The molecule has 0 radical (unpaired) electrons. The molecule has 152 valence electrons. The van der Waals surface area contributed by atoms with Crippen LogP contribution in [0.25, 0.3) is 0 Å². The minimum absolute atomic E-state index is 0.313. The molecular formula is C18H19Cl3N2O3S2. The number of thioether (sulfide) groups is 1. The Morgan fingerprint density at radius 1 is 1.11 bits per heavy atom. The number of halogens is 3. The van der Waals surface area contributed by atoms with Gasteiger partial charge in [-0.25, -0.2) is 8.42 Å². The first kappa shape index (κ1) is 23.2. The number of amides is 1. The molecule has 0 saturated carbocycles. The van der Waals surface area contributed by atoms with Crippen molar-refractivity contribution in [1.29, 1.82) is 0 Å². The summed E-state index contributed by atoms with van der Waals surface area (Å²) in [6.45, 7) is 0.0920. The van der Waals surface area contributed by atoms with E-state index in [4.69, 9.17) is 34.8 Å². The Balaban J connectivity index is 1.83. The third kappa shape index (κ3) is 7.37. The Morgan fingerprint density at radius 2 is 1.82 bits per heavy atom. The van der Waals surface area contributed by atoms with Crippen molar-refractivity contribution < 1.29 is 13.2 Å². The average Bonchev–Trinajstić information content (AvgIpc) is 2.60. The summed E-state index contributed by atoms with van der Waals surface area (Å²) in [5.74, 6) is 0.945. The molecule has 5 nitrogen and oxygen atoms in total. The minimum atomic E-state index is -3.63. The molecule has 1 amide bonds. The van der Waals surface area contributed by atoms with Crippen molar-refractivity contribution >= 4 is 68.2 Å². The number of benzene rings is 2. The van der Waals surface area contributed by atoms with Crippen molar-refractivity contribution in [3.8, 4) is 0 Å². The molecule has 0 aromatic heterocycles. The maximum Gasteiger partial charge on any atom is 0.240 e. The Labute approximate surface area is 184 Å². The number of hydrogen-bond acceptors (Lipinski definition) is 4. The molecule has 28 heavy (non-hydrogen) atoms. The fraction of sp³-hybridized carbons (Fsp3) is 0.278. The largest absolute Gasteiger partial charge is 0.354 e. The number of carbonyl (C=O) groups excluding carboxylic acids is 1. The van der Waals surface area contributed by atoms with Crippen LogP contribution >= 0.6 is 46.6 Å². The van der Waals surface area contributed by atoms with Crippen LogP contribution in [0.3, 0.4) is 0 Å². The monoisotopic (exact) mass is 480 g/mol. The second kappa shape index (κ2) is 10.6. The van der Waals surface area contributed by atoms with Crippen molar-refractivity contribution in [2.45, 2.75) is 5.75 Å². The van der Waals surface area contributed by atoms with Gasteiger partial charge < -0.3 is 5.32 Å². The lowest BCUT2D eigenvalue weighted by molar-refractivity contribution is -0.119. The molecule has 0 aliphatic rings. The molecule has 0 saturated heterocycles. The van der Waals surface area contributed by atoms with E-state index in [-0.39, 0.29) is 6.54 Å². The SMILES string of the molecule is CS(=O)(=O)N(CC(=O)NCCSCc1ccc(Cl)cc1Cl)c1cccc(Cl)c1. The van der Waals surface area contributed by atoms with Crippen LogP contribution in [0, 0.1) is 0 Å². The zero-order chi connectivity index (χ0) is 20.7. The summed E-state index contributed by atoms with van der Waals surface area (Å²) < 4.78 is 25.1. The zero-order valence-electron chi connectivity index (χ0n) is 15.0. The normalized spacial score (nSPS) is 11.3. The highest BCUT2D eigenvalue weighted by Crippen LogP contribution is 2.24. The van der Waals surface area contributed by atoms with E-state index in [1.165, 1.54) is 6.07 Å². The fourth-order valence-corrected chi connectivity index (χ4v) is 4.75. The second-order valence-electron chi connectivity index (χ2n) is 5.89. The topological polar surface area (TPSA) is 66.5 Å². The first-order chi connectivity index (χ1) is 13.2. The van der Waals surface area contributed by atoms with Crippen LogP contribution < -0.4 is 9.62 Å². The van der Waals surface area contributed by atoms with E-state index in [1.54, 1.807) is 42.1 Å².